The highest BCUT2D eigenvalue weighted by Gasteiger charge is 2.09. The average molecular weight is 252 g/mol. The maximum atomic E-state index is 8.63. The van der Waals surface area contributed by atoms with E-state index in [1.807, 2.05) is 6.92 Å². The number of aliphatic hydroxyl groups excluding tert-OH is 1. The predicted molar refractivity (Wildman–Crippen MR) is 69.0 cm³/mol. The average Bonchev–Trinajstić information content (AvgIpc) is 2.33. The normalized spacial score (nSPS) is 9.35. The van der Waals surface area contributed by atoms with Crippen LogP contribution in [-0.4, -0.2) is 18.3 Å². The Kier molecular flexibility index (Phi) is 5.47. The van der Waals surface area contributed by atoms with E-state index in [1.165, 1.54) is 0 Å². The summed E-state index contributed by atoms with van der Waals surface area (Å²) in [5.41, 5.74) is 8.86. The van der Waals surface area contributed by atoms with Crippen LogP contribution in [0, 0.1) is 17.4 Å². The lowest BCUT2D eigenvalue weighted by Gasteiger charge is -2.08. The Balaban J connectivity index is 3.12. The third kappa shape index (κ3) is 3.45. The molecule has 0 bridgehead atoms. The van der Waals surface area contributed by atoms with Crippen LogP contribution in [-0.2, 0) is 0 Å². The molecule has 90 valence electrons. The summed E-state index contributed by atoms with van der Waals surface area (Å²) in [7, 11) is 0. The number of nitrogens with zero attached hydrogens (tertiary/aromatic N) is 1. The summed E-state index contributed by atoms with van der Waals surface area (Å²) in [6.45, 7) is 2.71. The van der Waals surface area contributed by atoms with Gasteiger partial charge in [0.25, 0.3) is 0 Å². The number of anilines is 1. The van der Waals surface area contributed by atoms with Crippen LogP contribution < -0.4 is 5.32 Å². The largest absolute Gasteiger partial charge is 0.395 e. The Bertz CT molecular complexity index is 463. The minimum absolute atomic E-state index is 0.0236. The first-order valence-electron chi connectivity index (χ1n) is 5.28. The monoisotopic (exact) mass is 251 g/mol. The first-order valence-corrected chi connectivity index (χ1v) is 5.66. The van der Waals surface area contributed by atoms with Crippen LogP contribution in [0.1, 0.15) is 18.9 Å². The van der Waals surface area contributed by atoms with E-state index in [-0.39, 0.29) is 6.61 Å². The Labute approximate surface area is 106 Å². The lowest BCUT2D eigenvalue weighted by atomic mass is 10.1. The van der Waals surface area contributed by atoms with Gasteiger partial charge in [-0.2, -0.15) is 5.11 Å². The molecule has 0 aromatic heterocycles. The van der Waals surface area contributed by atoms with Crippen LogP contribution >= 0.6 is 11.6 Å². The van der Waals surface area contributed by atoms with Crippen molar-refractivity contribution >= 4 is 23.0 Å². The van der Waals surface area contributed by atoms with Crippen molar-refractivity contribution < 1.29 is 5.11 Å². The van der Waals surface area contributed by atoms with Crippen molar-refractivity contribution in [3.8, 4) is 11.8 Å². The minimum atomic E-state index is 0.0236. The third-order valence-electron chi connectivity index (χ3n) is 2.06. The van der Waals surface area contributed by atoms with E-state index in [1.54, 1.807) is 12.1 Å². The van der Waals surface area contributed by atoms with Crippen molar-refractivity contribution in [2.75, 3.05) is 18.5 Å². The number of hydrogen-bond acceptors (Lipinski definition) is 4. The SMILES string of the molecule is CCNc1ccc(C#CCCO)c(Cl)c1N=N. The van der Waals surface area contributed by atoms with Crippen molar-refractivity contribution in [3.63, 3.8) is 0 Å². The Hall–Kier alpha value is -1.57. The van der Waals surface area contributed by atoms with E-state index in [2.05, 4.69) is 22.3 Å². The minimum Gasteiger partial charge on any atom is -0.395 e. The second kappa shape index (κ2) is 6.89. The Morgan fingerprint density at radius 1 is 1.53 bits per heavy atom. The molecule has 0 aliphatic heterocycles. The quantitative estimate of drug-likeness (QED) is 0.568. The van der Waals surface area contributed by atoms with Gasteiger partial charge in [0, 0.05) is 18.5 Å². The van der Waals surface area contributed by atoms with Crippen molar-refractivity contribution in [1.29, 1.82) is 5.53 Å². The van der Waals surface area contributed by atoms with Crippen LogP contribution in [0.5, 0.6) is 0 Å². The van der Waals surface area contributed by atoms with Gasteiger partial charge in [-0.15, -0.1) is 0 Å². The summed E-state index contributed by atoms with van der Waals surface area (Å²) in [5, 5.41) is 15.5. The second-order valence-electron chi connectivity index (χ2n) is 3.24. The van der Waals surface area contributed by atoms with Gasteiger partial charge < -0.3 is 10.4 Å². The highest BCUT2D eigenvalue weighted by molar-refractivity contribution is 6.34. The number of hydrogen-bond donors (Lipinski definition) is 3. The number of aliphatic hydroxyl groups is 1. The summed E-state index contributed by atoms with van der Waals surface area (Å²) in [6.07, 6.45) is 0.401. The van der Waals surface area contributed by atoms with Crippen molar-refractivity contribution in [1.82, 2.24) is 0 Å². The second-order valence-corrected chi connectivity index (χ2v) is 3.62. The summed E-state index contributed by atoms with van der Waals surface area (Å²) >= 11 is 6.11. The van der Waals surface area contributed by atoms with Gasteiger partial charge in [0.1, 0.15) is 5.69 Å². The van der Waals surface area contributed by atoms with Crippen LogP contribution in [0.15, 0.2) is 17.2 Å². The van der Waals surface area contributed by atoms with Gasteiger partial charge in [0.2, 0.25) is 0 Å². The molecule has 1 aromatic carbocycles. The molecule has 3 N–H and O–H groups in total. The first-order chi connectivity index (χ1) is 8.24. The Morgan fingerprint density at radius 2 is 2.29 bits per heavy atom. The van der Waals surface area contributed by atoms with Gasteiger partial charge in [-0.05, 0) is 19.1 Å². The van der Waals surface area contributed by atoms with Crippen LogP contribution in [0.3, 0.4) is 0 Å². The molecule has 1 rings (SSSR count). The van der Waals surface area contributed by atoms with Crippen molar-refractivity contribution in [2.24, 2.45) is 5.11 Å². The predicted octanol–water partition coefficient (Wildman–Crippen LogP) is 3.17. The molecule has 17 heavy (non-hydrogen) atoms. The fourth-order valence-electron chi connectivity index (χ4n) is 1.32. The Morgan fingerprint density at radius 3 is 2.88 bits per heavy atom. The molecule has 0 radical (unpaired) electrons. The molecular formula is C12H14ClN3O. The van der Waals surface area contributed by atoms with Gasteiger partial charge in [-0.3, -0.25) is 0 Å². The van der Waals surface area contributed by atoms with Gasteiger partial charge in [-0.1, -0.05) is 23.4 Å². The molecule has 0 saturated carbocycles. The maximum absolute atomic E-state index is 8.63. The van der Waals surface area contributed by atoms with E-state index < -0.39 is 0 Å². The molecular weight excluding hydrogens is 238 g/mol. The smallest absolute Gasteiger partial charge is 0.128 e. The first kappa shape index (κ1) is 13.5. The van der Waals surface area contributed by atoms with Crippen LogP contribution in [0.2, 0.25) is 5.02 Å². The van der Waals surface area contributed by atoms with Gasteiger partial charge >= 0.3 is 0 Å². The molecule has 0 spiro atoms. The molecule has 0 heterocycles. The maximum Gasteiger partial charge on any atom is 0.128 e. The lowest BCUT2D eigenvalue weighted by molar-refractivity contribution is 0.305. The lowest BCUT2D eigenvalue weighted by Crippen LogP contribution is -1.97. The molecule has 4 nitrogen and oxygen atoms in total. The number of rotatable bonds is 4. The number of benzene rings is 1. The van der Waals surface area contributed by atoms with Crippen LogP contribution in [0.25, 0.3) is 0 Å². The standard InChI is InChI=1S/C12H14ClN3O/c1-2-15-10-7-6-9(5-3-4-8-17)11(13)12(10)16-14/h6-7,14-15,17H,2,4,8H2,1H3. The summed E-state index contributed by atoms with van der Waals surface area (Å²) in [6, 6.07) is 3.57. The summed E-state index contributed by atoms with van der Waals surface area (Å²) < 4.78 is 0. The molecule has 0 unspecified atom stereocenters. The molecule has 0 saturated heterocycles. The molecule has 5 heteroatoms. The van der Waals surface area contributed by atoms with Gasteiger partial charge in [-0.25, -0.2) is 5.53 Å². The topological polar surface area (TPSA) is 68.5 Å². The number of nitrogens with one attached hydrogen (secondary N) is 2. The molecule has 1 aromatic rings. The fourth-order valence-corrected chi connectivity index (χ4v) is 1.57. The highest BCUT2D eigenvalue weighted by atomic mass is 35.5. The van der Waals surface area contributed by atoms with Gasteiger partial charge in [0.15, 0.2) is 0 Å². The zero-order chi connectivity index (χ0) is 12.7. The molecule has 0 aliphatic carbocycles. The molecule has 0 fully saturated rings. The molecule has 0 atom stereocenters. The molecule has 0 amide bonds. The fraction of sp³-hybridized carbons (Fsp3) is 0.333. The van der Waals surface area contributed by atoms with E-state index in [0.29, 0.717) is 22.7 Å². The zero-order valence-electron chi connectivity index (χ0n) is 9.55. The summed E-state index contributed by atoms with van der Waals surface area (Å²) in [5.74, 6) is 5.63. The van der Waals surface area contributed by atoms with Gasteiger partial charge in [0.05, 0.1) is 17.3 Å². The van der Waals surface area contributed by atoms with E-state index >= 15 is 0 Å². The third-order valence-corrected chi connectivity index (χ3v) is 2.44. The zero-order valence-corrected chi connectivity index (χ0v) is 10.3. The summed E-state index contributed by atoms with van der Waals surface area (Å²) in [4.78, 5) is 0. The molecule has 0 aliphatic rings. The van der Waals surface area contributed by atoms with E-state index in [9.17, 15) is 0 Å². The van der Waals surface area contributed by atoms with E-state index in [4.69, 9.17) is 22.2 Å². The number of halogens is 1. The van der Waals surface area contributed by atoms with Crippen molar-refractivity contribution in [2.45, 2.75) is 13.3 Å². The van der Waals surface area contributed by atoms with Crippen LogP contribution in [0.4, 0.5) is 11.4 Å². The highest BCUT2D eigenvalue weighted by Crippen LogP contribution is 2.35. The van der Waals surface area contributed by atoms with E-state index in [0.717, 1.165) is 12.2 Å². The van der Waals surface area contributed by atoms with Crippen molar-refractivity contribution in [3.05, 3.63) is 22.7 Å².